The van der Waals surface area contributed by atoms with Crippen LogP contribution in [0.2, 0.25) is 0 Å². The van der Waals surface area contributed by atoms with Gasteiger partial charge in [-0.15, -0.1) is 0 Å². The van der Waals surface area contributed by atoms with Crippen LogP contribution in [-0.2, 0) is 5.54 Å². The quantitative estimate of drug-likeness (QED) is 0.787. The van der Waals surface area contributed by atoms with E-state index in [9.17, 15) is 8.78 Å². The van der Waals surface area contributed by atoms with E-state index in [1.165, 1.54) is 13.2 Å². The third kappa shape index (κ3) is 1.35. The molecule has 1 aliphatic carbocycles. The Kier molecular flexibility index (Phi) is 1.79. The number of hydrogen-bond acceptors (Lipinski definition) is 4. The van der Waals surface area contributed by atoms with Crippen LogP contribution < -0.4 is 10.5 Å². The summed E-state index contributed by atoms with van der Waals surface area (Å²) in [6.07, 6.45) is -0.809. The molecule has 2 rings (SSSR count). The van der Waals surface area contributed by atoms with E-state index in [0.29, 0.717) is 0 Å². The average molecular weight is 204 g/mol. The van der Waals surface area contributed by atoms with Gasteiger partial charge in [0, 0.05) is 18.9 Å². The van der Waals surface area contributed by atoms with E-state index in [4.69, 9.17) is 15.0 Å². The predicted molar refractivity (Wildman–Crippen MR) is 43.1 cm³/mol. The monoisotopic (exact) mass is 204 g/mol. The molecule has 0 spiro atoms. The Bertz CT molecular complexity index is 343. The highest BCUT2D eigenvalue weighted by Gasteiger charge is 2.57. The molecule has 4 nitrogen and oxygen atoms in total. The van der Waals surface area contributed by atoms with Crippen LogP contribution in [0.15, 0.2) is 10.6 Å². The van der Waals surface area contributed by atoms with Crippen molar-refractivity contribution in [2.24, 2.45) is 5.73 Å². The van der Waals surface area contributed by atoms with Gasteiger partial charge in [0.25, 0.3) is 11.8 Å². The summed E-state index contributed by atoms with van der Waals surface area (Å²) in [5.41, 5.74) is 4.61. The second-order valence-electron chi connectivity index (χ2n) is 3.60. The number of aromatic nitrogens is 1. The molecule has 0 bridgehead atoms. The number of nitrogens with zero attached hydrogens (tertiary/aromatic N) is 1. The zero-order valence-corrected chi connectivity index (χ0v) is 7.59. The van der Waals surface area contributed by atoms with Gasteiger partial charge in [-0.2, -0.15) is 0 Å². The van der Waals surface area contributed by atoms with Gasteiger partial charge in [0.2, 0.25) is 0 Å². The van der Waals surface area contributed by atoms with Crippen molar-refractivity contribution in [3.05, 3.63) is 11.8 Å². The molecule has 0 saturated heterocycles. The first-order valence-corrected chi connectivity index (χ1v) is 4.13. The Balaban J connectivity index is 2.16. The van der Waals surface area contributed by atoms with E-state index in [1.807, 2.05) is 0 Å². The predicted octanol–water partition coefficient (Wildman–Crippen LogP) is 1.27. The van der Waals surface area contributed by atoms with Gasteiger partial charge in [-0.3, -0.25) is 0 Å². The maximum Gasteiger partial charge on any atom is 0.254 e. The molecule has 78 valence electrons. The van der Waals surface area contributed by atoms with Crippen molar-refractivity contribution in [3.63, 3.8) is 0 Å². The third-order valence-electron chi connectivity index (χ3n) is 2.34. The van der Waals surface area contributed by atoms with Crippen molar-refractivity contribution in [2.45, 2.75) is 24.3 Å². The first-order chi connectivity index (χ1) is 6.45. The summed E-state index contributed by atoms with van der Waals surface area (Å²) >= 11 is 0. The Morgan fingerprint density at radius 3 is 2.64 bits per heavy atom. The van der Waals surface area contributed by atoms with Crippen LogP contribution in [0.5, 0.6) is 5.88 Å². The number of methoxy groups -OCH3 is 1. The number of alkyl halides is 2. The second kappa shape index (κ2) is 2.66. The molecule has 1 aliphatic rings. The molecular weight excluding hydrogens is 194 g/mol. The molecule has 1 aromatic rings. The van der Waals surface area contributed by atoms with Gasteiger partial charge < -0.3 is 15.0 Å². The fourth-order valence-corrected chi connectivity index (χ4v) is 1.64. The fraction of sp³-hybridized carbons (Fsp3) is 0.625. The lowest BCUT2D eigenvalue weighted by molar-refractivity contribution is -0.131. The molecule has 1 saturated carbocycles. The van der Waals surface area contributed by atoms with Gasteiger partial charge in [-0.05, 0) is 5.16 Å². The van der Waals surface area contributed by atoms with E-state index in [-0.39, 0.29) is 11.6 Å². The highest BCUT2D eigenvalue weighted by atomic mass is 19.3. The minimum absolute atomic E-state index is 0.250. The van der Waals surface area contributed by atoms with Crippen LogP contribution in [-0.4, -0.2) is 18.2 Å². The minimum Gasteiger partial charge on any atom is -0.479 e. The number of hydrogen-bond donors (Lipinski definition) is 1. The second-order valence-corrected chi connectivity index (χ2v) is 3.60. The first-order valence-electron chi connectivity index (χ1n) is 4.13. The molecule has 0 atom stereocenters. The first kappa shape index (κ1) is 9.39. The zero-order valence-electron chi connectivity index (χ0n) is 7.59. The molecule has 2 N–H and O–H groups in total. The van der Waals surface area contributed by atoms with Gasteiger partial charge >= 0.3 is 0 Å². The molecular formula is C8H10F2N2O2. The van der Waals surface area contributed by atoms with Crippen molar-refractivity contribution in [2.75, 3.05) is 7.11 Å². The van der Waals surface area contributed by atoms with E-state index < -0.39 is 24.3 Å². The van der Waals surface area contributed by atoms with Crippen molar-refractivity contribution in [1.29, 1.82) is 0 Å². The number of nitrogens with two attached hydrogens (primary N) is 1. The van der Waals surface area contributed by atoms with Crippen LogP contribution in [0.3, 0.4) is 0 Å². The summed E-state index contributed by atoms with van der Waals surface area (Å²) in [5, 5.41) is 3.51. The van der Waals surface area contributed by atoms with Crippen LogP contribution >= 0.6 is 0 Å². The molecule has 1 fully saturated rings. The third-order valence-corrected chi connectivity index (χ3v) is 2.34. The summed E-state index contributed by atoms with van der Waals surface area (Å²) in [6, 6.07) is 1.44. The Hall–Kier alpha value is -1.17. The summed E-state index contributed by atoms with van der Waals surface area (Å²) < 4.78 is 34.9. The van der Waals surface area contributed by atoms with Crippen LogP contribution in [0.1, 0.15) is 18.6 Å². The minimum atomic E-state index is -2.69. The Labute approximate surface area is 79.0 Å². The van der Waals surface area contributed by atoms with E-state index in [0.717, 1.165) is 0 Å². The summed E-state index contributed by atoms with van der Waals surface area (Å²) in [4.78, 5) is 0. The molecule has 0 amide bonds. The highest BCUT2D eigenvalue weighted by molar-refractivity contribution is 5.23. The Morgan fingerprint density at radius 2 is 2.21 bits per heavy atom. The molecule has 14 heavy (non-hydrogen) atoms. The molecule has 0 unspecified atom stereocenters. The number of ether oxygens (including phenoxy) is 1. The van der Waals surface area contributed by atoms with E-state index in [1.54, 1.807) is 0 Å². The van der Waals surface area contributed by atoms with Crippen molar-refractivity contribution in [1.82, 2.24) is 5.16 Å². The van der Waals surface area contributed by atoms with Crippen molar-refractivity contribution < 1.29 is 18.0 Å². The number of rotatable bonds is 2. The summed E-state index contributed by atoms with van der Waals surface area (Å²) in [5.74, 6) is -2.19. The fourth-order valence-electron chi connectivity index (χ4n) is 1.64. The highest BCUT2D eigenvalue weighted by Crippen LogP contribution is 2.50. The largest absolute Gasteiger partial charge is 0.479 e. The standard InChI is InChI=1S/C8H10F2N2O2/c1-13-6-2-5(14-12-6)7(11)3-8(9,10)4-7/h2H,3-4,11H2,1H3. The molecule has 0 radical (unpaired) electrons. The maximum atomic E-state index is 12.6. The van der Waals surface area contributed by atoms with Crippen LogP contribution in [0.4, 0.5) is 8.78 Å². The lowest BCUT2D eigenvalue weighted by Crippen LogP contribution is -2.55. The summed E-state index contributed by atoms with van der Waals surface area (Å²) in [6.45, 7) is 0. The van der Waals surface area contributed by atoms with Gasteiger partial charge in [0.1, 0.15) is 0 Å². The molecule has 0 aromatic carbocycles. The topological polar surface area (TPSA) is 61.3 Å². The van der Waals surface area contributed by atoms with Crippen molar-refractivity contribution in [3.8, 4) is 5.88 Å². The van der Waals surface area contributed by atoms with Crippen LogP contribution in [0.25, 0.3) is 0 Å². The Morgan fingerprint density at radius 1 is 1.57 bits per heavy atom. The van der Waals surface area contributed by atoms with Gasteiger partial charge in [-0.25, -0.2) is 8.78 Å². The van der Waals surface area contributed by atoms with Crippen molar-refractivity contribution >= 4 is 0 Å². The van der Waals surface area contributed by atoms with E-state index in [2.05, 4.69) is 5.16 Å². The van der Waals surface area contributed by atoms with Gasteiger partial charge in [0.05, 0.1) is 12.6 Å². The lowest BCUT2D eigenvalue weighted by atomic mass is 9.72. The maximum absolute atomic E-state index is 12.6. The van der Waals surface area contributed by atoms with E-state index >= 15 is 0 Å². The molecule has 6 heteroatoms. The number of halogens is 2. The summed E-state index contributed by atoms with van der Waals surface area (Å²) in [7, 11) is 1.42. The normalized spacial score (nSPS) is 22.9. The van der Waals surface area contributed by atoms with Gasteiger partial charge in [-0.1, -0.05) is 0 Å². The van der Waals surface area contributed by atoms with Gasteiger partial charge in [0.15, 0.2) is 5.76 Å². The molecule has 0 aliphatic heterocycles. The average Bonchev–Trinajstić information content (AvgIpc) is 2.48. The smallest absolute Gasteiger partial charge is 0.254 e. The molecule has 1 aromatic heterocycles. The lowest BCUT2D eigenvalue weighted by Gasteiger charge is -2.42. The van der Waals surface area contributed by atoms with Crippen LogP contribution in [0, 0.1) is 0 Å². The molecule has 1 heterocycles. The zero-order chi connectivity index (χ0) is 10.4. The SMILES string of the molecule is COc1cc(C2(N)CC(F)(F)C2)on1.